The highest BCUT2D eigenvalue weighted by Gasteiger charge is 2.15. The Labute approximate surface area is 71.2 Å². The smallest absolute Gasteiger partial charge is 0.322 e. The summed E-state index contributed by atoms with van der Waals surface area (Å²) in [5.74, 6) is 0. The van der Waals surface area contributed by atoms with Crippen LogP contribution in [0.4, 0.5) is 4.79 Å². The zero-order valence-corrected chi connectivity index (χ0v) is 7.26. The van der Waals surface area contributed by atoms with Crippen molar-refractivity contribution in [3.05, 3.63) is 0 Å². The van der Waals surface area contributed by atoms with Crippen molar-refractivity contribution in [2.75, 3.05) is 13.2 Å². The van der Waals surface area contributed by atoms with Crippen molar-refractivity contribution in [3.63, 3.8) is 0 Å². The van der Waals surface area contributed by atoms with E-state index in [-0.39, 0.29) is 12.1 Å². The standard InChI is InChI=1S/C7H13N3O2/c1-3-8-6(11)10-7-9-5(2)4-12-7/h5H,3-4H2,1-2H3,(H2,8,9,10,11). The Morgan fingerprint density at radius 2 is 2.58 bits per heavy atom. The monoisotopic (exact) mass is 171 g/mol. The number of hydrogen-bond donors (Lipinski definition) is 2. The molecule has 0 aromatic rings. The molecular weight excluding hydrogens is 158 g/mol. The molecule has 0 aliphatic carbocycles. The van der Waals surface area contributed by atoms with Gasteiger partial charge in [-0.05, 0) is 13.8 Å². The van der Waals surface area contributed by atoms with E-state index in [9.17, 15) is 4.79 Å². The second-order valence-electron chi connectivity index (χ2n) is 2.58. The van der Waals surface area contributed by atoms with E-state index >= 15 is 0 Å². The van der Waals surface area contributed by atoms with Gasteiger partial charge in [0, 0.05) is 6.54 Å². The lowest BCUT2D eigenvalue weighted by Gasteiger charge is -2.03. The van der Waals surface area contributed by atoms with Crippen LogP contribution in [0.25, 0.3) is 0 Å². The second kappa shape index (κ2) is 3.94. The topological polar surface area (TPSA) is 62.7 Å². The summed E-state index contributed by atoms with van der Waals surface area (Å²) in [5.41, 5.74) is 0. The van der Waals surface area contributed by atoms with Crippen molar-refractivity contribution in [1.82, 2.24) is 10.6 Å². The van der Waals surface area contributed by atoms with Gasteiger partial charge in [-0.3, -0.25) is 5.32 Å². The summed E-state index contributed by atoms with van der Waals surface area (Å²) >= 11 is 0. The van der Waals surface area contributed by atoms with Crippen molar-refractivity contribution in [3.8, 4) is 0 Å². The van der Waals surface area contributed by atoms with E-state index in [2.05, 4.69) is 15.6 Å². The molecule has 0 bridgehead atoms. The van der Waals surface area contributed by atoms with E-state index in [4.69, 9.17) is 4.74 Å². The van der Waals surface area contributed by atoms with Gasteiger partial charge in [-0.1, -0.05) is 0 Å². The molecule has 1 aliphatic heterocycles. The van der Waals surface area contributed by atoms with Gasteiger partial charge in [-0.2, -0.15) is 0 Å². The van der Waals surface area contributed by atoms with Gasteiger partial charge in [0.1, 0.15) is 6.61 Å². The van der Waals surface area contributed by atoms with Crippen LogP contribution in [0.15, 0.2) is 4.99 Å². The Kier molecular flexibility index (Phi) is 2.90. The van der Waals surface area contributed by atoms with Gasteiger partial charge in [0.2, 0.25) is 0 Å². The number of amidine groups is 1. The SMILES string of the molecule is CCNC(=O)NC1=NC(C)CO1. The Hall–Kier alpha value is -1.26. The van der Waals surface area contributed by atoms with Gasteiger partial charge in [0.25, 0.3) is 6.02 Å². The van der Waals surface area contributed by atoms with Crippen LogP contribution in [0.1, 0.15) is 13.8 Å². The number of carbonyl (C=O) groups is 1. The largest absolute Gasteiger partial charge is 0.463 e. The second-order valence-corrected chi connectivity index (χ2v) is 2.58. The first kappa shape index (κ1) is 8.83. The fraction of sp³-hybridized carbons (Fsp3) is 0.714. The summed E-state index contributed by atoms with van der Waals surface area (Å²) in [4.78, 5) is 15.0. The molecule has 1 heterocycles. The Balaban J connectivity index is 2.31. The highest BCUT2D eigenvalue weighted by Crippen LogP contribution is 2.00. The van der Waals surface area contributed by atoms with Crippen LogP contribution in [0, 0.1) is 0 Å². The molecule has 5 nitrogen and oxygen atoms in total. The molecule has 0 fully saturated rings. The average Bonchev–Trinajstić information content (AvgIpc) is 2.36. The van der Waals surface area contributed by atoms with E-state index in [0.29, 0.717) is 19.2 Å². The summed E-state index contributed by atoms with van der Waals surface area (Å²) in [6, 6.07) is 0.181. The molecule has 68 valence electrons. The molecule has 0 saturated heterocycles. The van der Waals surface area contributed by atoms with Crippen LogP contribution < -0.4 is 10.6 Å². The van der Waals surface area contributed by atoms with E-state index in [0.717, 1.165) is 0 Å². The number of hydrogen-bond acceptors (Lipinski definition) is 3. The van der Waals surface area contributed by atoms with Gasteiger partial charge in [0.05, 0.1) is 6.04 Å². The van der Waals surface area contributed by atoms with Crippen molar-refractivity contribution < 1.29 is 9.53 Å². The summed E-state index contributed by atoms with van der Waals surface area (Å²) in [7, 11) is 0. The molecule has 0 spiro atoms. The zero-order chi connectivity index (χ0) is 8.97. The first-order valence-corrected chi connectivity index (χ1v) is 3.97. The molecule has 0 radical (unpaired) electrons. The number of aliphatic imine (C=N–C) groups is 1. The van der Waals surface area contributed by atoms with Crippen LogP contribution in [0.5, 0.6) is 0 Å². The highest BCUT2D eigenvalue weighted by molar-refractivity contribution is 5.93. The van der Waals surface area contributed by atoms with Crippen LogP contribution >= 0.6 is 0 Å². The normalized spacial score (nSPS) is 21.2. The number of carbonyl (C=O) groups excluding carboxylic acids is 1. The van der Waals surface area contributed by atoms with Gasteiger partial charge in [-0.25, -0.2) is 9.79 Å². The van der Waals surface area contributed by atoms with E-state index < -0.39 is 0 Å². The van der Waals surface area contributed by atoms with Crippen molar-refractivity contribution >= 4 is 12.1 Å². The molecular formula is C7H13N3O2. The van der Waals surface area contributed by atoms with Crippen LogP contribution in [-0.4, -0.2) is 31.2 Å². The predicted molar refractivity (Wildman–Crippen MR) is 45.1 cm³/mol. The summed E-state index contributed by atoms with van der Waals surface area (Å²) in [6.07, 6.45) is 0. The number of nitrogens with one attached hydrogen (secondary N) is 2. The molecule has 0 aromatic heterocycles. The molecule has 5 heteroatoms. The number of ether oxygens (including phenoxy) is 1. The first-order chi connectivity index (χ1) is 5.72. The number of amides is 2. The Morgan fingerprint density at radius 1 is 1.83 bits per heavy atom. The van der Waals surface area contributed by atoms with Crippen molar-refractivity contribution in [2.24, 2.45) is 4.99 Å². The minimum Gasteiger partial charge on any atom is -0.463 e. The molecule has 2 amide bonds. The molecule has 1 atom stereocenters. The average molecular weight is 171 g/mol. The van der Waals surface area contributed by atoms with Gasteiger partial charge >= 0.3 is 6.03 Å². The lowest BCUT2D eigenvalue weighted by atomic mass is 10.4. The van der Waals surface area contributed by atoms with Crippen LogP contribution in [0.2, 0.25) is 0 Å². The predicted octanol–water partition coefficient (Wildman–Crippen LogP) is 0.0802. The van der Waals surface area contributed by atoms with Crippen molar-refractivity contribution in [1.29, 1.82) is 0 Å². The maximum atomic E-state index is 10.9. The quantitative estimate of drug-likeness (QED) is 0.587. The lowest BCUT2D eigenvalue weighted by Crippen LogP contribution is -2.39. The lowest BCUT2D eigenvalue weighted by molar-refractivity contribution is 0.241. The molecule has 1 unspecified atom stereocenters. The fourth-order valence-electron chi connectivity index (χ4n) is 0.844. The number of nitrogens with zero attached hydrogens (tertiary/aromatic N) is 1. The Bertz CT molecular complexity index is 203. The third-order valence-electron chi connectivity index (χ3n) is 1.36. The van der Waals surface area contributed by atoms with Crippen molar-refractivity contribution in [2.45, 2.75) is 19.9 Å². The zero-order valence-electron chi connectivity index (χ0n) is 7.26. The van der Waals surface area contributed by atoms with Gasteiger partial charge in [0.15, 0.2) is 0 Å². The van der Waals surface area contributed by atoms with Crippen LogP contribution in [0.3, 0.4) is 0 Å². The molecule has 1 aliphatic rings. The number of rotatable bonds is 1. The molecule has 1 rings (SSSR count). The van der Waals surface area contributed by atoms with Gasteiger partial charge in [-0.15, -0.1) is 0 Å². The van der Waals surface area contributed by atoms with E-state index in [1.165, 1.54) is 0 Å². The number of urea groups is 1. The third-order valence-corrected chi connectivity index (χ3v) is 1.36. The van der Waals surface area contributed by atoms with E-state index in [1.807, 2.05) is 13.8 Å². The van der Waals surface area contributed by atoms with Crippen LogP contribution in [-0.2, 0) is 4.74 Å². The maximum Gasteiger partial charge on any atom is 0.322 e. The molecule has 0 aromatic carbocycles. The van der Waals surface area contributed by atoms with E-state index in [1.54, 1.807) is 0 Å². The maximum absolute atomic E-state index is 10.9. The third kappa shape index (κ3) is 2.41. The summed E-state index contributed by atoms with van der Waals surface area (Å²) in [6.45, 7) is 4.91. The molecule has 0 saturated carbocycles. The highest BCUT2D eigenvalue weighted by atomic mass is 16.5. The summed E-state index contributed by atoms with van der Waals surface area (Å²) < 4.78 is 5.06. The van der Waals surface area contributed by atoms with Gasteiger partial charge < -0.3 is 10.1 Å². The molecule has 12 heavy (non-hydrogen) atoms. The molecule has 2 N–H and O–H groups in total. The minimum absolute atomic E-state index is 0.141. The fourth-order valence-corrected chi connectivity index (χ4v) is 0.844. The summed E-state index contributed by atoms with van der Waals surface area (Å²) in [5, 5.41) is 5.06. The minimum atomic E-state index is -0.273. The Morgan fingerprint density at radius 3 is 3.08 bits per heavy atom. The first-order valence-electron chi connectivity index (χ1n) is 3.97.